The van der Waals surface area contributed by atoms with Crippen LogP contribution in [0, 0.1) is 6.92 Å². The van der Waals surface area contributed by atoms with Crippen LogP contribution in [0.15, 0.2) is 18.3 Å². The number of carboxylic acids is 1. The number of pyridine rings is 1. The fraction of sp³-hybridized carbons (Fsp3) is 0.562. The van der Waals surface area contributed by atoms with Crippen molar-refractivity contribution in [2.75, 3.05) is 6.54 Å². The van der Waals surface area contributed by atoms with E-state index in [2.05, 4.69) is 4.98 Å². The number of carboxylic acid groups (broad SMARTS) is 1. The fourth-order valence-corrected chi connectivity index (χ4v) is 1.98. The Balaban J connectivity index is 3.14. The molecule has 1 N–H and O–H groups in total. The van der Waals surface area contributed by atoms with Gasteiger partial charge in [-0.1, -0.05) is 13.0 Å². The number of aryl methyl sites for hydroxylation is 1. The molecule has 1 heterocycles. The Morgan fingerprint density at radius 2 is 2.00 bits per heavy atom. The number of carbonyl (C=O) groups excluding carboxylic acids is 1. The molecule has 0 bridgehead atoms. The van der Waals surface area contributed by atoms with Gasteiger partial charge in [-0.05, 0) is 40.2 Å². The Morgan fingerprint density at radius 3 is 2.41 bits per heavy atom. The predicted molar refractivity (Wildman–Crippen MR) is 82.6 cm³/mol. The van der Waals surface area contributed by atoms with Gasteiger partial charge in [0, 0.05) is 24.0 Å². The smallest absolute Gasteiger partial charge is 0.411 e. The summed E-state index contributed by atoms with van der Waals surface area (Å²) in [7, 11) is 0. The fourth-order valence-electron chi connectivity index (χ4n) is 1.98. The van der Waals surface area contributed by atoms with Crippen LogP contribution < -0.4 is 0 Å². The maximum absolute atomic E-state index is 12.4. The number of rotatable bonds is 5. The monoisotopic (exact) mass is 308 g/mol. The number of ether oxygens (including phenoxy) is 1. The van der Waals surface area contributed by atoms with Gasteiger partial charge in [0.05, 0.1) is 0 Å². The van der Waals surface area contributed by atoms with Gasteiger partial charge in [-0.2, -0.15) is 0 Å². The highest BCUT2D eigenvalue weighted by atomic mass is 16.6. The standard InChI is InChI=1S/C16H24N2O4/c1-6-9-18(15(21)22-16(3,4)5)13(14(19)20)12-8-7-11(2)17-10-12/h7-8,10,13H,6,9H2,1-5H3,(H,19,20). The number of nitrogens with zero attached hydrogens (tertiary/aromatic N) is 2. The van der Waals surface area contributed by atoms with Crippen LogP contribution in [0.3, 0.4) is 0 Å². The first-order valence-corrected chi connectivity index (χ1v) is 7.30. The van der Waals surface area contributed by atoms with Crippen LogP contribution in [0.5, 0.6) is 0 Å². The van der Waals surface area contributed by atoms with E-state index in [4.69, 9.17) is 4.74 Å². The summed E-state index contributed by atoms with van der Waals surface area (Å²) in [5.41, 5.74) is 0.557. The molecule has 1 unspecified atom stereocenters. The maximum Gasteiger partial charge on any atom is 0.411 e. The first kappa shape index (κ1) is 17.9. The van der Waals surface area contributed by atoms with Crippen LogP contribution in [0.1, 0.15) is 51.4 Å². The van der Waals surface area contributed by atoms with Gasteiger partial charge in [-0.15, -0.1) is 0 Å². The Bertz CT molecular complexity index is 520. The second-order valence-electron chi connectivity index (χ2n) is 6.15. The zero-order valence-electron chi connectivity index (χ0n) is 13.8. The Kier molecular flexibility index (Phi) is 5.91. The molecule has 1 aromatic rings. The number of hydrogen-bond donors (Lipinski definition) is 1. The van der Waals surface area contributed by atoms with Crippen molar-refractivity contribution in [1.82, 2.24) is 9.88 Å². The molecule has 0 aliphatic heterocycles. The number of aromatic nitrogens is 1. The summed E-state index contributed by atoms with van der Waals surface area (Å²) in [4.78, 5) is 29.4. The van der Waals surface area contributed by atoms with Crippen LogP contribution >= 0.6 is 0 Å². The maximum atomic E-state index is 12.4. The minimum Gasteiger partial charge on any atom is -0.479 e. The normalized spacial score (nSPS) is 12.6. The van der Waals surface area contributed by atoms with Crippen LogP contribution in [-0.2, 0) is 9.53 Å². The quantitative estimate of drug-likeness (QED) is 0.903. The number of hydrogen-bond acceptors (Lipinski definition) is 4. The topological polar surface area (TPSA) is 79.7 Å². The summed E-state index contributed by atoms with van der Waals surface area (Å²) in [6.45, 7) is 9.23. The summed E-state index contributed by atoms with van der Waals surface area (Å²) in [5, 5.41) is 9.56. The molecule has 0 aliphatic rings. The molecule has 1 amide bonds. The summed E-state index contributed by atoms with van der Waals surface area (Å²) in [6.07, 6.45) is 1.48. The highest BCUT2D eigenvalue weighted by molar-refractivity contribution is 5.81. The van der Waals surface area contributed by atoms with Crippen molar-refractivity contribution in [2.24, 2.45) is 0 Å². The second kappa shape index (κ2) is 7.24. The van der Waals surface area contributed by atoms with E-state index in [0.717, 1.165) is 5.69 Å². The summed E-state index contributed by atoms with van der Waals surface area (Å²) < 4.78 is 5.33. The van der Waals surface area contributed by atoms with Crippen LogP contribution in [0.25, 0.3) is 0 Å². The van der Waals surface area contributed by atoms with Crippen LogP contribution in [-0.4, -0.2) is 39.2 Å². The van der Waals surface area contributed by atoms with Crippen molar-refractivity contribution >= 4 is 12.1 Å². The average molecular weight is 308 g/mol. The third-order valence-corrected chi connectivity index (χ3v) is 2.89. The molecule has 22 heavy (non-hydrogen) atoms. The highest BCUT2D eigenvalue weighted by Crippen LogP contribution is 2.23. The van der Waals surface area contributed by atoms with Crippen molar-refractivity contribution in [3.63, 3.8) is 0 Å². The van der Waals surface area contributed by atoms with E-state index in [1.54, 1.807) is 32.9 Å². The lowest BCUT2D eigenvalue weighted by atomic mass is 10.1. The van der Waals surface area contributed by atoms with E-state index >= 15 is 0 Å². The van der Waals surface area contributed by atoms with E-state index in [-0.39, 0.29) is 0 Å². The third-order valence-electron chi connectivity index (χ3n) is 2.89. The summed E-state index contributed by atoms with van der Waals surface area (Å²) >= 11 is 0. The molecule has 1 rings (SSSR count). The van der Waals surface area contributed by atoms with Gasteiger partial charge in [-0.3, -0.25) is 9.88 Å². The lowest BCUT2D eigenvalue weighted by Crippen LogP contribution is -2.42. The zero-order chi connectivity index (χ0) is 16.9. The molecule has 0 radical (unpaired) electrons. The van der Waals surface area contributed by atoms with Gasteiger partial charge < -0.3 is 9.84 Å². The lowest BCUT2D eigenvalue weighted by Gasteiger charge is -2.31. The van der Waals surface area contributed by atoms with E-state index in [1.165, 1.54) is 11.1 Å². The van der Waals surface area contributed by atoms with Gasteiger partial charge >= 0.3 is 12.1 Å². The van der Waals surface area contributed by atoms with Crippen LogP contribution in [0.4, 0.5) is 4.79 Å². The first-order valence-electron chi connectivity index (χ1n) is 7.30. The molecule has 1 aromatic heterocycles. The van der Waals surface area contributed by atoms with Gasteiger partial charge in [-0.25, -0.2) is 9.59 Å². The molecule has 0 saturated carbocycles. The first-order chi connectivity index (χ1) is 10.2. The van der Waals surface area contributed by atoms with Crippen molar-refractivity contribution in [2.45, 2.75) is 52.7 Å². The molecular formula is C16H24N2O4. The van der Waals surface area contributed by atoms with Crippen molar-refractivity contribution in [1.29, 1.82) is 0 Å². The van der Waals surface area contributed by atoms with E-state index in [0.29, 0.717) is 18.5 Å². The third kappa shape index (κ3) is 5.02. The minimum atomic E-state index is -1.11. The SMILES string of the molecule is CCCN(C(=O)OC(C)(C)C)C(C(=O)O)c1ccc(C)nc1. The minimum absolute atomic E-state index is 0.291. The van der Waals surface area contributed by atoms with Gasteiger partial charge in [0.15, 0.2) is 6.04 Å². The molecule has 6 heteroatoms. The molecule has 122 valence electrons. The Morgan fingerprint density at radius 1 is 1.36 bits per heavy atom. The van der Waals surface area contributed by atoms with Crippen molar-refractivity contribution in [3.8, 4) is 0 Å². The highest BCUT2D eigenvalue weighted by Gasteiger charge is 2.33. The average Bonchev–Trinajstić information content (AvgIpc) is 2.38. The van der Waals surface area contributed by atoms with Crippen LogP contribution in [0.2, 0.25) is 0 Å². The van der Waals surface area contributed by atoms with Gasteiger partial charge in [0.2, 0.25) is 0 Å². The molecule has 0 aromatic carbocycles. The van der Waals surface area contributed by atoms with Crippen molar-refractivity contribution < 1.29 is 19.4 Å². The molecule has 0 saturated heterocycles. The lowest BCUT2D eigenvalue weighted by molar-refractivity contribution is -0.143. The predicted octanol–water partition coefficient (Wildman–Crippen LogP) is 3.16. The number of aliphatic carboxylic acids is 1. The summed E-state index contributed by atoms with van der Waals surface area (Å²) in [6, 6.07) is 2.29. The Hall–Kier alpha value is -2.11. The number of carbonyl (C=O) groups is 2. The van der Waals surface area contributed by atoms with Crippen molar-refractivity contribution in [3.05, 3.63) is 29.6 Å². The van der Waals surface area contributed by atoms with E-state index < -0.39 is 23.7 Å². The Labute approximate surface area is 131 Å². The molecule has 6 nitrogen and oxygen atoms in total. The molecule has 1 atom stereocenters. The molecule has 0 aliphatic carbocycles. The zero-order valence-corrected chi connectivity index (χ0v) is 13.8. The van der Waals surface area contributed by atoms with Gasteiger partial charge in [0.25, 0.3) is 0 Å². The molecule has 0 spiro atoms. The summed E-state index contributed by atoms with van der Waals surface area (Å²) in [5.74, 6) is -1.11. The van der Waals surface area contributed by atoms with Gasteiger partial charge in [0.1, 0.15) is 5.60 Å². The van der Waals surface area contributed by atoms with E-state index in [9.17, 15) is 14.7 Å². The number of amides is 1. The second-order valence-corrected chi connectivity index (χ2v) is 6.15. The largest absolute Gasteiger partial charge is 0.479 e. The molecule has 0 fully saturated rings. The molecular weight excluding hydrogens is 284 g/mol. The van der Waals surface area contributed by atoms with E-state index in [1.807, 2.05) is 13.8 Å².